The number of piperidine rings is 1. The Balaban J connectivity index is 1.86. The predicted molar refractivity (Wildman–Crippen MR) is 76.5 cm³/mol. The highest BCUT2D eigenvalue weighted by Gasteiger charge is 2.29. The van der Waals surface area contributed by atoms with Crippen LogP contribution in [0.3, 0.4) is 0 Å². The highest BCUT2D eigenvalue weighted by molar-refractivity contribution is 6.01. The summed E-state index contributed by atoms with van der Waals surface area (Å²) < 4.78 is 1.64. The third-order valence-electron chi connectivity index (χ3n) is 4.01. The van der Waals surface area contributed by atoms with Gasteiger partial charge in [-0.2, -0.15) is 5.10 Å². The third kappa shape index (κ3) is 2.35. The quantitative estimate of drug-likeness (QED) is 0.669. The van der Waals surface area contributed by atoms with Crippen molar-refractivity contribution >= 4 is 17.1 Å². The zero-order chi connectivity index (χ0) is 14.8. The molecule has 7 nitrogen and oxygen atoms in total. The van der Waals surface area contributed by atoms with E-state index in [4.69, 9.17) is 5.21 Å². The summed E-state index contributed by atoms with van der Waals surface area (Å²) in [5, 5.41) is 16.5. The molecule has 0 spiro atoms. The second-order valence-corrected chi connectivity index (χ2v) is 5.16. The molecule has 7 heteroatoms. The van der Waals surface area contributed by atoms with Gasteiger partial charge in [-0.15, -0.1) is 0 Å². The fourth-order valence-electron chi connectivity index (χ4n) is 2.77. The van der Waals surface area contributed by atoms with Gasteiger partial charge < -0.3 is 10.1 Å². The van der Waals surface area contributed by atoms with Crippen molar-refractivity contribution in [2.75, 3.05) is 13.1 Å². The summed E-state index contributed by atoms with van der Waals surface area (Å²) in [4.78, 5) is 18.5. The molecule has 110 valence electrons. The van der Waals surface area contributed by atoms with Gasteiger partial charge in [-0.3, -0.25) is 9.78 Å². The van der Waals surface area contributed by atoms with Gasteiger partial charge >= 0.3 is 0 Å². The molecule has 21 heavy (non-hydrogen) atoms. The molecular weight excluding hydrogens is 270 g/mol. The van der Waals surface area contributed by atoms with E-state index >= 15 is 0 Å². The van der Waals surface area contributed by atoms with Crippen LogP contribution in [-0.4, -0.2) is 49.4 Å². The maximum absolute atomic E-state index is 12.7. The van der Waals surface area contributed by atoms with Crippen LogP contribution in [0.4, 0.5) is 0 Å². The van der Waals surface area contributed by atoms with E-state index in [2.05, 4.69) is 15.2 Å². The number of carbonyl (C=O) groups is 1. The second-order valence-electron chi connectivity index (χ2n) is 5.16. The lowest BCUT2D eigenvalue weighted by Crippen LogP contribution is -2.44. The summed E-state index contributed by atoms with van der Waals surface area (Å²) in [6.45, 7) is 3.17. The van der Waals surface area contributed by atoms with Gasteiger partial charge in [0.2, 0.25) is 0 Å². The SMILES string of the molecule is CCC1CN(C(=O)c2cnn3ccncc23)CC/C1=N\O. The topological polar surface area (TPSA) is 83.1 Å². The molecule has 0 radical (unpaired) electrons. The number of rotatable bonds is 2. The number of nitrogens with zero attached hydrogens (tertiary/aromatic N) is 5. The number of amides is 1. The molecule has 3 heterocycles. The van der Waals surface area contributed by atoms with Crippen molar-refractivity contribution < 1.29 is 10.0 Å². The Morgan fingerprint density at radius 1 is 1.52 bits per heavy atom. The fraction of sp³-hybridized carbons (Fsp3) is 0.429. The molecule has 1 fully saturated rings. The predicted octanol–water partition coefficient (Wildman–Crippen LogP) is 1.43. The van der Waals surface area contributed by atoms with Crippen LogP contribution in [0.1, 0.15) is 30.1 Å². The van der Waals surface area contributed by atoms with E-state index in [-0.39, 0.29) is 11.8 Å². The molecule has 1 atom stereocenters. The van der Waals surface area contributed by atoms with Crippen molar-refractivity contribution in [1.29, 1.82) is 0 Å². The van der Waals surface area contributed by atoms with E-state index in [0.29, 0.717) is 30.6 Å². The largest absolute Gasteiger partial charge is 0.411 e. The van der Waals surface area contributed by atoms with Gasteiger partial charge in [0, 0.05) is 37.8 Å². The number of hydrogen-bond donors (Lipinski definition) is 1. The van der Waals surface area contributed by atoms with Crippen molar-refractivity contribution in [3.63, 3.8) is 0 Å². The van der Waals surface area contributed by atoms with Crippen molar-refractivity contribution in [2.45, 2.75) is 19.8 Å². The summed E-state index contributed by atoms with van der Waals surface area (Å²) in [5.74, 6) is 0.0705. The summed E-state index contributed by atoms with van der Waals surface area (Å²) in [6.07, 6.45) is 8.02. The van der Waals surface area contributed by atoms with Crippen LogP contribution in [0.2, 0.25) is 0 Å². The van der Waals surface area contributed by atoms with Crippen LogP contribution in [0, 0.1) is 5.92 Å². The fourth-order valence-corrected chi connectivity index (χ4v) is 2.77. The monoisotopic (exact) mass is 287 g/mol. The normalized spacial score (nSPS) is 21.1. The molecule has 1 amide bonds. The molecule has 0 saturated carbocycles. The lowest BCUT2D eigenvalue weighted by Gasteiger charge is -2.32. The molecule has 3 rings (SSSR count). The van der Waals surface area contributed by atoms with Gasteiger partial charge in [0.05, 0.1) is 29.2 Å². The number of hydrogen-bond acceptors (Lipinski definition) is 5. The van der Waals surface area contributed by atoms with Crippen LogP contribution in [0.5, 0.6) is 0 Å². The molecule has 2 aromatic heterocycles. The van der Waals surface area contributed by atoms with Crippen molar-refractivity contribution in [2.24, 2.45) is 11.1 Å². The van der Waals surface area contributed by atoms with Gasteiger partial charge in [0.25, 0.3) is 5.91 Å². The van der Waals surface area contributed by atoms with Crippen LogP contribution >= 0.6 is 0 Å². The first-order valence-corrected chi connectivity index (χ1v) is 7.02. The van der Waals surface area contributed by atoms with Gasteiger partial charge in [-0.05, 0) is 6.42 Å². The summed E-state index contributed by atoms with van der Waals surface area (Å²) >= 11 is 0. The summed E-state index contributed by atoms with van der Waals surface area (Å²) in [7, 11) is 0. The number of oxime groups is 1. The smallest absolute Gasteiger partial charge is 0.257 e. The minimum Gasteiger partial charge on any atom is -0.411 e. The van der Waals surface area contributed by atoms with Crippen LogP contribution < -0.4 is 0 Å². The molecule has 0 bridgehead atoms. The maximum atomic E-state index is 12.7. The van der Waals surface area contributed by atoms with Gasteiger partial charge in [-0.1, -0.05) is 12.1 Å². The van der Waals surface area contributed by atoms with E-state index in [1.54, 1.807) is 34.2 Å². The van der Waals surface area contributed by atoms with Gasteiger partial charge in [0.1, 0.15) is 0 Å². The molecule has 1 aliphatic rings. The zero-order valence-electron chi connectivity index (χ0n) is 11.8. The Morgan fingerprint density at radius 3 is 3.14 bits per heavy atom. The van der Waals surface area contributed by atoms with Crippen LogP contribution in [0.25, 0.3) is 5.52 Å². The molecular formula is C14H17N5O2. The third-order valence-corrected chi connectivity index (χ3v) is 4.01. The standard InChI is InChI=1S/C14H17N5O2/c1-2-10-9-18(5-3-12(10)17-21)14(20)11-7-16-19-6-4-15-8-13(11)19/h4,6-8,10,21H,2-3,5,9H2,1H3/b17-12+. The van der Waals surface area contributed by atoms with Crippen molar-refractivity contribution in [3.8, 4) is 0 Å². The van der Waals surface area contributed by atoms with Crippen LogP contribution in [0.15, 0.2) is 29.9 Å². The Morgan fingerprint density at radius 2 is 2.38 bits per heavy atom. The molecule has 0 aromatic carbocycles. The number of aromatic nitrogens is 3. The highest BCUT2D eigenvalue weighted by Crippen LogP contribution is 2.20. The summed E-state index contributed by atoms with van der Waals surface area (Å²) in [5.41, 5.74) is 2.04. The minimum atomic E-state index is -0.0477. The van der Waals surface area contributed by atoms with Crippen LogP contribution in [-0.2, 0) is 0 Å². The Hall–Kier alpha value is -2.44. The van der Waals surface area contributed by atoms with Gasteiger partial charge in [0.15, 0.2) is 0 Å². The first-order valence-electron chi connectivity index (χ1n) is 7.02. The van der Waals surface area contributed by atoms with E-state index in [1.165, 1.54) is 0 Å². The molecule has 1 saturated heterocycles. The molecule has 1 aliphatic heterocycles. The van der Waals surface area contributed by atoms with E-state index in [0.717, 1.165) is 12.1 Å². The lowest BCUT2D eigenvalue weighted by molar-refractivity contribution is 0.0731. The van der Waals surface area contributed by atoms with Crippen molar-refractivity contribution in [1.82, 2.24) is 19.5 Å². The first kappa shape index (κ1) is 13.5. The average molecular weight is 287 g/mol. The maximum Gasteiger partial charge on any atom is 0.257 e. The van der Waals surface area contributed by atoms with Gasteiger partial charge in [-0.25, -0.2) is 4.52 Å². The molecule has 1 N–H and O–H groups in total. The average Bonchev–Trinajstić information content (AvgIpc) is 2.97. The number of fused-ring (bicyclic) bond motifs is 1. The Kier molecular flexibility index (Phi) is 3.55. The Bertz CT molecular complexity index is 693. The summed E-state index contributed by atoms with van der Waals surface area (Å²) in [6, 6.07) is 0. The van der Waals surface area contributed by atoms with Crippen molar-refractivity contribution in [3.05, 3.63) is 30.4 Å². The highest BCUT2D eigenvalue weighted by atomic mass is 16.4. The molecule has 1 unspecified atom stereocenters. The zero-order valence-corrected chi connectivity index (χ0v) is 11.8. The molecule has 2 aromatic rings. The minimum absolute atomic E-state index is 0.0477. The number of likely N-dealkylation sites (tertiary alicyclic amines) is 1. The van der Waals surface area contributed by atoms with E-state index in [9.17, 15) is 4.79 Å². The Labute approximate surface area is 121 Å². The number of carbonyl (C=O) groups excluding carboxylic acids is 1. The van der Waals surface area contributed by atoms with E-state index in [1.807, 2.05) is 6.92 Å². The van der Waals surface area contributed by atoms with E-state index < -0.39 is 0 Å². The lowest BCUT2D eigenvalue weighted by atomic mass is 9.93. The second kappa shape index (κ2) is 5.51. The molecule has 0 aliphatic carbocycles. The first-order chi connectivity index (χ1) is 10.2.